The molecule has 0 aliphatic heterocycles. The first kappa shape index (κ1) is 21.0. The summed E-state index contributed by atoms with van der Waals surface area (Å²) >= 11 is 0. The van der Waals surface area contributed by atoms with Crippen LogP contribution in [0.25, 0.3) is 0 Å². The van der Waals surface area contributed by atoms with Crippen LogP contribution >= 0.6 is 0 Å². The van der Waals surface area contributed by atoms with Crippen LogP contribution < -0.4 is 0 Å². The molecule has 4 heteroatoms. The third kappa shape index (κ3) is 8.90. The van der Waals surface area contributed by atoms with Gasteiger partial charge in [-0.1, -0.05) is 39.5 Å². The maximum absolute atomic E-state index is 9.59. The molecular formula is C19H30O4. The van der Waals surface area contributed by atoms with Crippen LogP contribution in [0.15, 0.2) is 30.8 Å². The molecule has 23 heavy (non-hydrogen) atoms. The van der Waals surface area contributed by atoms with E-state index in [0.717, 1.165) is 0 Å². The minimum atomic E-state index is -0.915. The predicted molar refractivity (Wildman–Crippen MR) is 92.7 cm³/mol. The van der Waals surface area contributed by atoms with Gasteiger partial charge in [0.05, 0.1) is 0 Å². The van der Waals surface area contributed by atoms with Crippen LogP contribution in [0, 0.1) is 23.7 Å². The second-order valence-electron chi connectivity index (χ2n) is 6.99. The number of hydrogen-bond donors (Lipinski definition) is 2. The molecular weight excluding hydrogens is 292 g/mol. The monoisotopic (exact) mass is 322 g/mol. The van der Waals surface area contributed by atoms with Gasteiger partial charge in [-0.3, -0.25) is 0 Å². The summed E-state index contributed by atoms with van der Waals surface area (Å²) in [6.07, 6.45) is 1.21. The van der Waals surface area contributed by atoms with Crippen LogP contribution in [0.3, 0.4) is 0 Å². The molecule has 0 aromatic rings. The molecule has 0 amide bonds. The molecule has 0 aromatic heterocycles. The van der Waals surface area contributed by atoms with Crippen LogP contribution in [-0.2, 0) is 9.47 Å². The minimum absolute atomic E-state index is 0.303. The smallest absolute Gasteiger partial charge is 0.326 e. The highest BCUT2D eigenvalue weighted by molar-refractivity contribution is 5.22. The van der Waals surface area contributed by atoms with E-state index in [1.54, 1.807) is 13.8 Å². The lowest BCUT2D eigenvalue weighted by molar-refractivity contribution is -0.0195. The first-order valence-corrected chi connectivity index (χ1v) is 7.80. The second kappa shape index (κ2) is 8.60. The Hall–Kier alpha value is -1.98. The Bertz CT molecular complexity index is 517. The molecule has 0 spiro atoms. The molecule has 0 radical (unpaired) electrons. The number of aliphatic hydroxyl groups excluding tert-OH is 2. The summed E-state index contributed by atoms with van der Waals surface area (Å²) in [5.74, 6) is 5.94. The van der Waals surface area contributed by atoms with Gasteiger partial charge in [-0.2, -0.15) is 0 Å². The molecule has 2 unspecified atom stereocenters. The van der Waals surface area contributed by atoms with Gasteiger partial charge in [-0.25, -0.2) is 0 Å². The van der Waals surface area contributed by atoms with Gasteiger partial charge in [-0.15, -0.1) is 0 Å². The third-order valence-electron chi connectivity index (χ3n) is 3.00. The Morgan fingerprint density at radius 1 is 0.957 bits per heavy atom. The molecule has 0 aliphatic carbocycles. The van der Waals surface area contributed by atoms with Gasteiger partial charge in [0, 0.05) is 12.8 Å². The molecule has 0 saturated carbocycles. The zero-order valence-corrected chi connectivity index (χ0v) is 15.2. The predicted octanol–water partition coefficient (Wildman–Crippen LogP) is 4.85. The quantitative estimate of drug-likeness (QED) is 0.381. The van der Waals surface area contributed by atoms with Crippen LogP contribution in [0.1, 0.15) is 54.4 Å². The van der Waals surface area contributed by atoms with E-state index < -0.39 is 11.2 Å². The van der Waals surface area contributed by atoms with Gasteiger partial charge < -0.3 is 19.7 Å². The summed E-state index contributed by atoms with van der Waals surface area (Å²) in [6, 6.07) is 0. The van der Waals surface area contributed by atoms with Crippen LogP contribution in [0.4, 0.5) is 0 Å². The molecule has 0 bridgehead atoms. The maximum atomic E-state index is 9.59. The maximum Gasteiger partial charge on any atom is 0.326 e. The van der Waals surface area contributed by atoms with Crippen LogP contribution in [0.5, 0.6) is 0 Å². The van der Waals surface area contributed by atoms with E-state index in [-0.39, 0.29) is 11.9 Å². The lowest BCUT2D eigenvalue weighted by atomic mass is 9.90. The molecule has 2 N–H and O–H groups in total. The largest absolute Gasteiger partial charge is 0.481 e. The number of hydrogen-bond acceptors (Lipinski definition) is 4. The lowest BCUT2D eigenvalue weighted by Crippen LogP contribution is -2.32. The summed E-state index contributed by atoms with van der Waals surface area (Å²) in [4.78, 5) is 0. The Labute approximate surface area is 140 Å². The average Bonchev–Trinajstić information content (AvgIpc) is 2.33. The van der Waals surface area contributed by atoms with E-state index in [1.807, 2.05) is 27.7 Å². The average molecular weight is 322 g/mol. The van der Waals surface area contributed by atoms with Gasteiger partial charge in [0.2, 0.25) is 0 Å². The molecule has 0 saturated heterocycles. The van der Waals surface area contributed by atoms with Gasteiger partial charge >= 0.3 is 5.95 Å². The van der Waals surface area contributed by atoms with Gasteiger partial charge in [0.15, 0.2) is 11.2 Å². The summed E-state index contributed by atoms with van der Waals surface area (Å²) in [5, 5.41) is 19.0. The van der Waals surface area contributed by atoms with Gasteiger partial charge in [0.25, 0.3) is 5.95 Å². The van der Waals surface area contributed by atoms with E-state index in [2.05, 4.69) is 30.7 Å². The topological polar surface area (TPSA) is 58.9 Å². The summed E-state index contributed by atoms with van der Waals surface area (Å²) in [6.45, 7) is 18.5. The molecule has 0 fully saturated rings. The fraction of sp³-hybridized carbons (Fsp3) is 0.632. The standard InChI is InChI=1S/C19H30O4/c1-9-17(21)23-19(8,13-15(4)5)11-10-18(7,12-14(2)3)22-16(6)20/h14-15,20-21H,1,6,12-13H2,2-5,7-8H3. The highest BCUT2D eigenvalue weighted by Gasteiger charge is 2.30. The Balaban J connectivity index is 5.62. The normalized spacial score (nSPS) is 15.7. The fourth-order valence-electron chi connectivity index (χ4n) is 2.57. The van der Waals surface area contributed by atoms with Crippen molar-refractivity contribution in [1.29, 1.82) is 0 Å². The van der Waals surface area contributed by atoms with E-state index >= 15 is 0 Å². The minimum Gasteiger partial charge on any atom is -0.481 e. The summed E-state index contributed by atoms with van der Waals surface area (Å²) in [7, 11) is 0. The first-order valence-electron chi connectivity index (χ1n) is 7.80. The number of ether oxygens (including phenoxy) is 2. The van der Waals surface area contributed by atoms with E-state index in [1.165, 1.54) is 0 Å². The van der Waals surface area contributed by atoms with Crippen molar-refractivity contribution in [2.75, 3.05) is 0 Å². The summed E-state index contributed by atoms with van der Waals surface area (Å²) in [5.41, 5.74) is 0.493. The highest BCUT2D eigenvalue weighted by atomic mass is 16.6. The van der Waals surface area contributed by atoms with Crippen molar-refractivity contribution in [1.82, 2.24) is 0 Å². The Morgan fingerprint density at radius 3 is 1.65 bits per heavy atom. The molecule has 0 rings (SSSR count). The van der Waals surface area contributed by atoms with Crippen molar-refractivity contribution < 1.29 is 19.7 Å². The molecule has 0 aromatic carbocycles. The van der Waals surface area contributed by atoms with Crippen molar-refractivity contribution in [2.45, 2.75) is 65.6 Å². The zero-order valence-electron chi connectivity index (χ0n) is 15.2. The zero-order chi connectivity index (χ0) is 18.3. The number of aliphatic hydroxyl groups is 2. The van der Waals surface area contributed by atoms with Crippen molar-refractivity contribution in [2.24, 2.45) is 11.8 Å². The van der Waals surface area contributed by atoms with Crippen LogP contribution in [-0.4, -0.2) is 21.4 Å². The summed E-state index contributed by atoms with van der Waals surface area (Å²) < 4.78 is 10.9. The van der Waals surface area contributed by atoms with Crippen molar-refractivity contribution in [3.05, 3.63) is 30.8 Å². The van der Waals surface area contributed by atoms with Gasteiger partial charge in [-0.05, 0) is 44.6 Å². The van der Waals surface area contributed by atoms with Gasteiger partial charge in [0.1, 0.15) is 0 Å². The van der Waals surface area contributed by atoms with Crippen molar-refractivity contribution in [3.63, 3.8) is 0 Å². The fourth-order valence-corrected chi connectivity index (χ4v) is 2.57. The highest BCUT2D eigenvalue weighted by Crippen LogP contribution is 2.26. The molecule has 4 nitrogen and oxygen atoms in total. The molecule has 2 atom stereocenters. The first-order chi connectivity index (χ1) is 10.4. The van der Waals surface area contributed by atoms with Crippen LogP contribution in [0.2, 0.25) is 0 Å². The van der Waals surface area contributed by atoms with Crippen molar-refractivity contribution in [3.8, 4) is 11.8 Å². The second-order valence-corrected chi connectivity index (χ2v) is 6.99. The number of rotatable bonds is 8. The molecule has 0 aliphatic rings. The molecule has 130 valence electrons. The Kier molecular flexibility index (Phi) is 7.86. The van der Waals surface area contributed by atoms with E-state index in [9.17, 15) is 10.2 Å². The Morgan fingerprint density at radius 2 is 1.35 bits per heavy atom. The van der Waals surface area contributed by atoms with Crippen molar-refractivity contribution >= 4 is 0 Å². The van der Waals surface area contributed by atoms with E-state index in [4.69, 9.17) is 9.47 Å². The SMILES string of the molecule is C=C=C(O)OC(C)(C#CC(C)(CC(C)C)OC(=C)O)CC(C)C. The molecule has 0 heterocycles. The van der Waals surface area contributed by atoms with E-state index in [0.29, 0.717) is 24.7 Å². The third-order valence-corrected chi connectivity index (χ3v) is 3.00. The lowest BCUT2D eigenvalue weighted by Gasteiger charge is -2.29.